The predicted octanol–water partition coefficient (Wildman–Crippen LogP) is 2.54. The summed E-state index contributed by atoms with van der Waals surface area (Å²) in [4.78, 5) is 28.9. The molecule has 1 amide bonds. The highest BCUT2D eigenvalue weighted by molar-refractivity contribution is 5.77. The van der Waals surface area contributed by atoms with Gasteiger partial charge in [0.1, 0.15) is 5.69 Å². The second-order valence-electron chi connectivity index (χ2n) is 6.30. The lowest BCUT2D eigenvalue weighted by molar-refractivity contribution is -0.122. The summed E-state index contributed by atoms with van der Waals surface area (Å²) in [6, 6.07) is 7.86. The normalized spacial score (nSPS) is 15.7. The van der Waals surface area contributed by atoms with Crippen LogP contribution in [-0.4, -0.2) is 21.5 Å². The van der Waals surface area contributed by atoms with Crippen LogP contribution >= 0.6 is 0 Å². The first-order valence-corrected chi connectivity index (χ1v) is 8.40. The van der Waals surface area contributed by atoms with E-state index in [4.69, 9.17) is 0 Å². The maximum absolute atomic E-state index is 12.4. The minimum atomic E-state index is -0.117. The average Bonchev–Trinajstić information content (AvgIpc) is 2.56. The van der Waals surface area contributed by atoms with E-state index < -0.39 is 0 Å². The maximum Gasteiger partial charge on any atom is 0.272 e. The van der Waals surface area contributed by atoms with Gasteiger partial charge >= 0.3 is 0 Å². The highest BCUT2D eigenvalue weighted by Gasteiger charge is 2.16. The van der Waals surface area contributed by atoms with Gasteiger partial charge in [0.15, 0.2) is 0 Å². The number of para-hydroxylation sites is 2. The van der Waals surface area contributed by atoms with Crippen LogP contribution in [0.2, 0.25) is 0 Å². The number of fused-ring (bicyclic) bond motifs is 1. The van der Waals surface area contributed by atoms with E-state index in [1.54, 1.807) is 11.5 Å². The van der Waals surface area contributed by atoms with Gasteiger partial charge in [0.05, 0.1) is 11.0 Å². The topological polar surface area (TPSA) is 64.0 Å². The molecule has 0 aliphatic heterocycles. The molecule has 0 atom stereocenters. The van der Waals surface area contributed by atoms with Crippen LogP contribution in [0.1, 0.15) is 44.2 Å². The Bertz CT molecular complexity index is 760. The Balaban J connectivity index is 1.72. The number of aromatic nitrogens is 2. The Morgan fingerprint density at radius 3 is 2.78 bits per heavy atom. The minimum Gasteiger partial charge on any atom is -0.353 e. The first kappa shape index (κ1) is 15.7. The molecule has 23 heavy (non-hydrogen) atoms. The van der Waals surface area contributed by atoms with E-state index in [0.717, 1.165) is 23.9 Å². The second kappa shape index (κ2) is 6.94. The van der Waals surface area contributed by atoms with E-state index in [1.807, 2.05) is 24.3 Å². The highest BCUT2D eigenvalue weighted by atomic mass is 16.2. The number of rotatable bonds is 4. The molecular formula is C18H23N3O2. The summed E-state index contributed by atoms with van der Waals surface area (Å²) in [6.07, 6.45) is 6.12. The molecule has 5 heteroatoms. The molecular weight excluding hydrogens is 290 g/mol. The number of benzene rings is 1. The summed E-state index contributed by atoms with van der Waals surface area (Å²) in [5.74, 6) is 0.0300. The van der Waals surface area contributed by atoms with E-state index in [2.05, 4.69) is 10.3 Å². The molecule has 1 fully saturated rings. The van der Waals surface area contributed by atoms with Crippen LogP contribution in [0.15, 0.2) is 29.1 Å². The quantitative estimate of drug-likeness (QED) is 0.943. The first-order chi connectivity index (χ1) is 11.1. The molecule has 0 radical (unpaired) electrons. The van der Waals surface area contributed by atoms with Gasteiger partial charge in [-0.05, 0) is 31.9 Å². The van der Waals surface area contributed by atoms with Gasteiger partial charge in [-0.25, -0.2) is 4.98 Å². The van der Waals surface area contributed by atoms with Gasteiger partial charge < -0.3 is 9.88 Å². The zero-order valence-corrected chi connectivity index (χ0v) is 13.5. The van der Waals surface area contributed by atoms with Crippen molar-refractivity contribution in [3.8, 4) is 0 Å². The van der Waals surface area contributed by atoms with E-state index in [0.29, 0.717) is 24.7 Å². The molecule has 3 rings (SSSR count). The number of amides is 1. The van der Waals surface area contributed by atoms with Crippen LogP contribution in [0, 0.1) is 6.92 Å². The number of carbonyl (C=O) groups excluding carboxylic acids is 1. The lowest BCUT2D eigenvalue weighted by Gasteiger charge is -2.22. The molecule has 1 N–H and O–H groups in total. The first-order valence-electron chi connectivity index (χ1n) is 8.40. The van der Waals surface area contributed by atoms with E-state index in [9.17, 15) is 9.59 Å². The van der Waals surface area contributed by atoms with Crippen molar-refractivity contribution in [1.29, 1.82) is 0 Å². The lowest BCUT2D eigenvalue weighted by Crippen LogP contribution is -2.37. The van der Waals surface area contributed by atoms with Crippen LogP contribution in [0.3, 0.4) is 0 Å². The molecule has 5 nitrogen and oxygen atoms in total. The summed E-state index contributed by atoms with van der Waals surface area (Å²) in [6.45, 7) is 2.11. The van der Waals surface area contributed by atoms with Crippen molar-refractivity contribution in [3.63, 3.8) is 0 Å². The van der Waals surface area contributed by atoms with Crippen LogP contribution in [0.25, 0.3) is 11.0 Å². The summed E-state index contributed by atoms with van der Waals surface area (Å²) in [5.41, 5.74) is 1.93. The van der Waals surface area contributed by atoms with Crippen LogP contribution in [0.5, 0.6) is 0 Å². The largest absolute Gasteiger partial charge is 0.353 e. The molecule has 1 saturated carbocycles. The summed E-state index contributed by atoms with van der Waals surface area (Å²) < 4.78 is 1.66. The molecule has 1 heterocycles. The van der Waals surface area contributed by atoms with Gasteiger partial charge in [0.2, 0.25) is 5.91 Å². The SMILES string of the molecule is Cc1nc2ccccc2n(CCC(=O)NC2CCCCC2)c1=O. The van der Waals surface area contributed by atoms with Crippen LogP contribution in [0.4, 0.5) is 0 Å². The Morgan fingerprint density at radius 1 is 1.26 bits per heavy atom. The van der Waals surface area contributed by atoms with Gasteiger partial charge in [-0.2, -0.15) is 0 Å². The molecule has 122 valence electrons. The molecule has 2 aromatic rings. The summed E-state index contributed by atoms with van der Waals surface area (Å²) >= 11 is 0. The molecule has 0 saturated heterocycles. The van der Waals surface area contributed by atoms with Gasteiger partial charge in [-0.3, -0.25) is 9.59 Å². The Morgan fingerprint density at radius 2 is 2.00 bits per heavy atom. The zero-order chi connectivity index (χ0) is 16.2. The summed E-state index contributed by atoms with van der Waals surface area (Å²) in [5, 5.41) is 3.10. The molecule has 0 spiro atoms. The number of nitrogens with one attached hydrogen (secondary N) is 1. The fraction of sp³-hybridized carbons (Fsp3) is 0.500. The van der Waals surface area contributed by atoms with Crippen molar-refractivity contribution >= 4 is 16.9 Å². The molecule has 1 aliphatic rings. The Labute approximate surface area is 135 Å². The fourth-order valence-corrected chi connectivity index (χ4v) is 3.30. The smallest absolute Gasteiger partial charge is 0.272 e. The second-order valence-corrected chi connectivity index (χ2v) is 6.30. The number of carbonyl (C=O) groups is 1. The maximum atomic E-state index is 12.4. The van der Waals surface area contributed by atoms with Crippen molar-refractivity contribution in [2.75, 3.05) is 0 Å². The van der Waals surface area contributed by atoms with Crippen molar-refractivity contribution < 1.29 is 4.79 Å². The third-order valence-corrected chi connectivity index (χ3v) is 4.55. The van der Waals surface area contributed by atoms with Gasteiger partial charge in [-0.1, -0.05) is 31.4 Å². The standard InChI is InChI=1S/C18H23N3O2/c1-13-18(23)21(16-10-6-5-9-15(16)19-13)12-11-17(22)20-14-7-3-2-4-8-14/h5-6,9-10,14H,2-4,7-8,11-12H2,1H3,(H,20,22). The Kier molecular flexibility index (Phi) is 4.74. The number of hydrogen-bond donors (Lipinski definition) is 1. The predicted molar refractivity (Wildman–Crippen MR) is 90.4 cm³/mol. The molecule has 0 bridgehead atoms. The van der Waals surface area contributed by atoms with Gasteiger partial charge in [-0.15, -0.1) is 0 Å². The van der Waals surface area contributed by atoms with E-state index >= 15 is 0 Å². The zero-order valence-electron chi connectivity index (χ0n) is 13.5. The Hall–Kier alpha value is -2.17. The minimum absolute atomic E-state index is 0.0300. The number of aryl methyl sites for hydroxylation is 2. The number of hydrogen-bond acceptors (Lipinski definition) is 3. The molecule has 1 aliphatic carbocycles. The van der Waals surface area contributed by atoms with Gasteiger partial charge in [0, 0.05) is 19.0 Å². The van der Waals surface area contributed by atoms with Crippen molar-refractivity contribution in [1.82, 2.24) is 14.9 Å². The van der Waals surface area contributed by atoms with Gasteiger partial charge in [0.25, 0.3) is 5.56 Å². The molecule has 1 aromatic heterocycles. The molecule has 1 aromatic carbocycles. The molecule has 0 unspecified atom stereocenters. The number of nitrogens with zero attached hydrogens (tertiary/aromatic N) is 2. The third kappa shape index (κ3) is 3.60. The van der Waals surface area contributed by atoms with Crippen molar-refractivity contribution in [2.45, 2.75) is 58.0 Å². The lowest BCUT2D eigenvalue weighted by atomic mass is 9.95. The van der Waals surface area contributed by atoms with E-state index in [1.165, 1.54) is 19.3 Å². The van der Waals surface area contributed by atoms with E-state index in [-0.39, 0.29) is 11.5 Å². The highest BCUT2D eigenvalue weighted by Crippen LogP contribution is 2.17. The third-order valence-electron chi connectivity index (χ3n) is 4.55. The van der Waals surface area contributed by atoms with Crippen LogP contribution < -0.4 is 10.9 Å². The average molecular weight is 313 g/mol. The van der Waals surface area contributed by atoms with Crippen molar-refractivity contribution in [2.24, 2.45) is 0 Å². The van der Waals surface area contributed by atoms with Crippen molar-refractivity contribution in [3.05, 3.63) is 40.3 Å². The monoisotopic (exact) mass is 313 g/mol. The fourth-order valence-electron chi connectivity index (χ4n) is 3.30. The van der Waals surface area contributed by atoms with Crippen LogP contribution in [-0.2, 0) is 11.3 Å². The summed E-state index contributed by atoms with van der Waals surface area (Å²) in [7, 11) is 0.